The molecule has 0 amide bonds. The molecule has 2 fully saturated rings. The summed E-state index contributed by atoms with van der Waals surface area (Å²) in [5, 5.41) is 0.755. The molecule has 0 atom stereocenters. The normalized spacial score (nSPS) is 21.8. The summed E-state index contributed by atoms with van der Waals surface area (Å²) in [6.07, 6.45) is 8.82. The molecule has 20 heavy (non-hydrogen) atoms. The van der Waals surface area contributed by atoms with E-state index in [1.54, 1.807) is 0 Å². The van der Waals surface area contributed by atoms with Gasteiger partial charge in [-0.15, -0.1) is 0 Å². The van der Waals surface area contributed by atoms with E-state index in [2.05, 4.69) is 13.0 Å². The Hall–Kier alpha value is -0.730. The quantitative estimate of drug-likeness (QED) is 0.896. The molecule has 2 nitrogen and oxygen atoms in total. The van der Waals surface area contributed by atoms with Crippen LogP contribution in [0, 0.1) is 6.92 Å². The number of rotatable bonds is 4. The molecule has 0 aromatic heterocycles. The molecule has 0 unspecified atom stereocenters. The molecule has 2 aliphatic carbocycles. The first kappa shape index (κ1) is 14.2. The van der Waals surface area contributed by atoms with Crippen LogP contribution in [0.3, 0.4) is 0 Å². The summed E-state index contributed by atoms with van der Waals surface area (Å²) in [6, 6.07) is 4.26. The average Bonchev–Trinajstić information content (AvgIpc) is 3.26. The van der Waals surface area contributed by atoms with Crippen molar-refractivity contribution in [1.82, 2.24) is 0 Å². The molecule has 2 saturated carbocycles. The third-order valence-corrected chi connectivity index (χ3v) is 5.05. The minimum absolute atomic E-state index is 0.0676. The number of hydrogen-bond acceptors (Lipinski definition) is 2. The van der Waals surface area contributed by atoms with Crippen LogP contribution in [0.2, 0.25) is 5.02 Å². The molecule has 1 aromatic rings. The summed E-state index contributed by atoms with van der Waals surface area (Å²) in [5.41, 5.74) is 8.72. The molecular weight excluding hydrogens is 270 g/mol. The van der Waals surface area contributed by atoms with E-state index in [1.165, 1.54) is 30.4 Å². The van der Waals surface area contributed by atoms with Crippen LogP contribution in [0.15, 0.2) is 12.1 Å². The molecule has 0 saturated heterocycles. The lowest BCUT2D eigenvalue weighted by Gasteiger charge is -2.38. The third-order valence-electron chi connectivity index (χ3n) is 4.77. The van der Waals surface area contributed by atoms with Crippen LogP contribution in [-0.4, -0.2) is 12.6 Å². The average molecular weight is 294 g/mol. The third kappa shape index (κ3) is 2.68. The van der Waals surface area contributed by atoms with Crippen molar-refractivity contribution in [3.05, 3.63) is 28.3 Å². The zero-order chi connectivity index (χ0) is 14.2. The number of aryl methyl sites for hydroxylation is 1. The van der Waals surface area contributed by atoms with Crippen molar-refractivity contribution in [2.24, 2.45) is 5.73 Å². The van der Waals surface area contributed by atoms with Crippen LogP contribution in [0.4, 0.5) is 0 Å². The molecule has 0 radical (unpaired) electrons. The highest BCUT2D eigenvalue weighted by Crippen LogP contribution is 2.46. The van der Waals surface area contributed by atoms with Gasteiger partial charge in [-0.3, -0.25) is 0 Å². The van der Waals surface area contributed by atoms with Gasteiger partial charge in [0.15, 0.2) is 0 Å². The fraction of sp³-hybridized carbons (Fsp3) is 0.647. The Morgan fingerprint density at radius 1 is 1.25 bits per heavy atom. The number of hydrogen-bond donors (Lipinski definition) is 1. The summed E-state index contributed by atoms with van der Waals surface area (Å²) < 4.78 is 6.13. The second kappa shape index (κ2) is 5.57. The van der Waals surface area contributed by atoms with Gasteiger partial charge in [-0.2, -0.15) is 0 Å². The first-order valence-electron chi connectivity index (χ1n) is 7.82. The van der Waals surface area contributed by atoms with Crippen molar-refractivity contribution < 1.29 is 4.74 Å². The van der Waals surface area contributed by atoms with E-state index in [0.29, 0.717) is 12.6 Å². The van der Waals surface area contributed by atoms with E-state index in [4.69, 9.17) is 22.1 Å². The Labute approximate surface area is 126 Å². The zero-order valence-electron chi connectivity index (χ0n) is 12.3. The van der Waals surface area contributed by atoms with Gasteiger partial charge >= 0.3 is 0 Å². The number of benzene rings is 1. The van der Waals surface area contributed by atoms with Crippen molar-refractivity contribution in [3.63, 3.8) is 0 Å². The Kier molecular flexibility index (Phi) is 3.96. The minimum Gasteiger partial charge on any atom is -0.489 e. The highest BCUT2D eigenvalue weighted by molar-refractivity contribution is 6.32. The Balaban J connectivity index is 2.04. The molecule has 0 heterocycles. The first-order valence-corrected chi connectivity index (χ1v) is 8.20. The van der Waals surface area contributed by atoms with Crippen LogP contribution >= 0.6 is 11.6 Å². The van der Waals surface area contributed by atoms with Crippen LogP contribution in [0.25, 0.3) is 0 Å². The monoisotopic (exact) mass is 293 g/mol. The number of ether oxygens (including phenoxy) is 1. The maximum absolute atomic E-state index is 6.48. The summed E-state index contributed by atoms with van der Waals surface area (Å²) >= 11 is 6.48. The second-order valence-electron chi connectivity index (χ2n) is 6.49. The predicted molar refractivity (Wildman–Crippen MR) is 83.7 cm³/mol. The van der Waals surface area contributed by atoms with Crippen LogP contribution in [0.1, 0.15) is 56.1 Å². The van der Waals surface area contributed by atoms with Gasteiger partial charge in [0.1, 0.15) is 5.75 Å². The van der Waals surface area contributed by atoms with Gasteiger partial charge < -0.3 is 10.5 Å². The number of halogens is 1. The smallest absolute Gasteiger partial charge is 0.142 e. The summed E-state index contributed by atoms with van der Waals surface area (Å²) in [5.74, 6) is 0.909. The lowest BCUT2D eigenvalue weighted by atomic mass is 9.69. The van der Waals surface area contributed by atoms with E-state index in [-0.39, 0.29) is 5.41 Å². The lowest BCUT2D eigenvalue weighted by Crippen LogP contribution is -2.37. The van der Waals surface area contributed by atoms with E-state index in [1.807, 2.05) is 6.07 Å². The molecule has 110 valence electrons. The van der Waals surface area contributed by atoms with Crippen LogP contribution in [-0.2, 0) is 5.41 Å². The molecule has 2 N–H and O–H groups in total. The number of nitrogens with two attached hydrogens (primary N) is 1. The maximum Gasteiger partial charge on any atom is 0.142 e. The Morgan fingerprint density at radius 3 is 2.55 bits per heavy atom. The van der Waals surface area contributed by atoms with Gasteiger partial charge in [-0.05, 0) is 44.2 Å². The van der Waals surface area contributed by atoms with Crippen molar-refractivity contribution in [1.29, 1.82) is 0 Å². The molecular formula is C17H24ClNO. The van der Waals surface area contributed by atoms with Crippen LogP contribution in [0.5, 0.6) is 5.75 Å². The largest absolute Gasteiger partial charge is 0.489 e. The minimum atomic E-state index is 0.0676. The van der Waals surface area contributed by atoms with E-state index in [9.17, 15) is 0 Å². The molecule has 3 rings (SSSR count). The Bertz CT molecular complexity index is 490. The van der Waals surface area contributed by atoms with E-state index in [0.717, 1.165) is 36.5 Å². The molecule has 0 spiro atoms. The molecule has 0 bridgehead atoms. The van der Waals surface area contributed by atoms with Gasteiger partial charge in [0.25, 0.3) is 0 Å². The van der Waals surface area contributed by atoms with E-state index < -0.39 is 0 Å². The van der Waals surface area contributed by atoms with Gasteiger partial charge in [0, 0.05) is 17.5 Å². The molecule has 3 heteroatoms. The highest BCUT2D eigenvalue weighted by atomic mass is 35.5. The summed E-state index contributed by atoms with van der Waals surface area (Å²) in [4.78, 5) is 0. The molecule has 2 aliphatic rings. The topological polar surface area (TPSA) is 35.2 Å². The van der Waals surface area contributed by atoms with Gasteiger partial charge in [-0.1, -0.05) is 36.9 Å². The fourth-order valence-corrected chi connectivity index (χ4v) is 3.73. The van der Waals surface area contributed by atoms with Crippen LogP contribution < -0.4 is 10.5 Å². The second-order valence-corrected chi connectivity index (χ2v) is 6.89. The Morgan fingerprint density at radius 2 is 1.95 bits per heavy atom. The van der Waals surface area contributed by atoms with Crippen molar-refractivity contribution in [2.45, 2.75) is 63.4 Å². The standard InChI is InChI=1S/C17H24ClNO/c1-12-9-14(17(11-19)7-3-2-4-8-17)16(15(18)10-12)20-13-5-6-13/h9-10,13H,2-8,11,19H2,1H3. The summed E-state index contributed by atoms with van der Waals surface area (Å²) in [7, 11) is 0. The van der Waals surface area contributed by atoms with E-state index >= 15 is 0 Å². The first-order chi connectivity index (χ1) is 9.64. The lowest BCUT2D eigenvalue weighted by molar-refractivity contribution is 0.263. The van der Waals surface area contributed by atoms with Gasteiger partial charge in [0.2, 0.25) is 0 Å². The van der Waals surface area contributed by atoms with Crippen molar-refractivity contribution in [3.8, 4) is 5.75 Å². The van der Waals surface area contributed by atoms with Gasteiger partial charge in [0.05, 0.1) is 11.1 Å². The SMILES string of the molecule is Cc1cc(Cl)c(OC2CC2)c(C2(CN)CCCCC2)c1. The van der Waals surface area contributed by atoms with Gasteiger partial charge in [-0.25, -0.2) is 0 Å². The highest BCUT2D eigenvalue weighted by Gasteiger charge is 2.37. The maximum atomic E-state index is 6.48. The summed E-state index contributed by atoms with van der Waals surface area (Å²) in [6.45, 7) is 2.79. The molecule has 1 aromatic carbocycles. The van der Waals surface area contributed by atoms with Crippen molar-refractivity contribution >= 4 is 11.6 Å². The molecule has 0 aliphatic heterocycles. The van der Waals surface area contributed by atoms with Crippen molar-refractivity contribution in [2.75, 3.05) is 6.54 Å². The predicted octanol–water partition coefficient (Wildman–Crippen LogP) is 4.35. The fourth-order valence-electron chi connectivity index (χ4n) is 3.41. The zero-order valence-corrected chi connectivity index (χ0v) is 13.0.